The molecule has 0 radical (unpaired) electrons. The van der Waals surface area contributed by atoms with E-state index in [0.29, 0.717) is 17.0 Å². The standard InChI is InChI=1S/C17H13F3N4O6S2/c18-17(19,20)32(27,28)30-11-2-1-10(14-21-3-4-31-14)13-12(11)22-15(29-13)23-6-8-5-9(7-23)24(8)16(25)26/h1-4,8-9H,5-7H2,(H,25,26)/p-1. The highest BCUT2D eigenvalue weighted by Crippen LogP contribution is 2.41. The number of carboxylic acid groups (broad SMARTS) is 1. The Morgan fingerprint density at radius 1 is 1.28 bits per heavy atom. The molecule has 2 aromatic heterocycles. The number of piperazine rings is 1. The number of benzene rings is 1. The first-order chi connectivity index (χ1) is 15.0. The summed E-state index contributed by atoms with van der Waals surface area (Å²) in [5.41, 5.74) is -5.45. The minimum atomic E-state index is -5.93. The third kappa shape index (κ3) is 3.23. The first-order valence-electron chi connectivity index (χ1n) is 9.13. The number of oxazole rings is 1. The highest BCUT2D eigenvalue weighted by molar-refractivity contribution is 7.88. The van der Waals surface area contributed by atoms with E-state index in [2.05, 4.69) is 14.2 Å². The third-order valence-electron chi connectivity index (χ3n) is 5.32. The molecule has 15 heteroatoms. The number of hydrogen-bond donors (Lipinski definition) is 0. The van der Waals surface area contributed by atoms with Crippen LogP contribution in [0.3, 0.4) is 0 Å². The molecule has 5 heterocycles. The van der Waals surface area contributed by atoms with Crippen LogP contribution in [0.4, 0.5) is 24.0 Å². The molecule has 1 amide bonds. The molecule has 0 aliphatic carbocycles. The number of piperidine rings is 1. The smallest absolute Gasteiger partial charge is 0.530 e. The Morgan fingerprint density at radius 2 is 2.00 bits per heavy atom. The molecule has 0 saturated carbocycles. The molecule has 2 unspecified atom stereocenters. The van der Waals surface area contributed by atoms with Crippen LogP contribution >= 0.6 is 11.3 Å². The lowest BCUT2D eigenvalue weighted by molar-refractivity contribution is -0.278. The van der Waals surface area contributed by atoms with Gasteiger partial charge >= 0.3 is 15.6 Å². The van der Waals surface area contributed by atoms with Crippen molar-refractivity contribution >= 4 is 44.7 Å². The Hall–Kier alpha value is -3.07. The molecule has 10 nitrogen and oxygen atoms in total. The molecule has 3 fully saturated rings. The zero-order valence-electron chi connectivity index (χ0n) is 15.8. The molecule has 32 heavy (non-hydrogen) atoms. The molecule has 0 N–H and O–H groups in total. The Kier molecular flexibility index (Phi) is 4.53. The largest absolute Gasteiger partial charge is 0.534 e. The Labute approximate surface area is 182 Å². The quantitative estimate of drug-likeness (QED) is 0.398. The number of rotatable bonds is 4. The van der Waals surface area contributed by atoms with Crippen molar-refractivity contribution in [1.82, 2.24) is 14.9 Å². The normalized spacial score (nSPS) is 21.0. The van der Waals surface area contributed by atoms with Gasteiger partial charge in [-0.15, -0.1) is 11.3 Å². The van der Waals surface area contributed by atoms with Crippen molar-refractivity contribution in [2.24, 2.45) is 0 Å². The van der Waals surface area contributed by atoms with E-state index in [1.165, 1.54) is 28.5 Å². The van der Waals surface area contributed by atoms with Gasteiger partial charge in [0.1, 0.15) is 11.1 Å². The van der Waals surface area contributed by atoms with E-state index in [9.17, 15) is 31.5 Å². The van der Waals surface area contributed by atoms with Crippen LogP contribution in [-0.4, -0.2) is 60.1 Å². The van der Waals surface area contributed by atoms with Crippen LogP contribution in [0.1, 0.15) is 6.42 Å². The van der Waals surface area contributed by atoms with Crippen LogP contribution in [0, 0.1) is 0 Å². The van der Waals surface area contributed by atoms with Gasteiger partial charge in [0.05, 0.1) is 17.6 Å². The van der Waals surface area contributed by atoms with E-state index < -0.39 is 27.5 Å². The minimum absolute atomic E-state index is 0.000767. The maximum absolute atomic E-state index is 12.8. The van der Waals surface area contributed by atoms with Gasteiger partial charge in [0.25, 0.3) is 6.01 Å². The van der Waals surface area contributed by atoms with Gasteiger partial charge in [-0.05, 0) is 18.6 Å². The first kappa shape index (κ1) is 20.8. The number of thiazole rings is 1. The molecule has 3 saturated heterocycles. The Morgan fingerprint density at radius 3 is 2.59 bits per heavy atom. The number of carbonyl (C=O) groups is 1. The summed E-state index contributed by atoms with van der Waals surface area (Å²) in [4.78, 5) is 22.4. The Balaban J connectivity index is 1.56. The first-order valence-corrected chi connectivity index (χ1v) is 11.4. The molecular weight excluding hydrogens is 477 g/mol. The fourth-order valence-electron chi connectivity index (χ4n) is 3.93. The summed E-state index contributed by atoms with van der Waals surface area (Å²) >= 11 is 1.24. The van der Waals surface area contributed by atoms with Gasteiger partial charge in [-0.2, -0.15) is 26.6 Å². The second-order valence-corrected chi connectivity index (χ2v) is 9.66. The number of fused-ring (bicyclic) bond motifs is 3. The molecule has 3 aromatic rings. The maximum atomic E-state index is 12.8. The topological polar surface area (TPSA) is 129 Å². The van der Waals surface area contributed by atoms with E-state index in [1.54, 1.807) is 10.3 Å². The van der Waals surface area contributed by atoms with Crippen LogP contribution in [0.25, 0.3) is 21.7 Å². The van der Waals surface area contributed by atoms with E-state index >= 15 is 0 Å². The Bertz CT molecular complexity index is 1300. The number of amides is 1. The van der Waals surface area contributed by atoms with Crippen LogP contribution in [0.15, 0.2) is 28.1 Å². The van der Waals surface area contributed by atoms with E-state index in [0.717, 1.165) is 6.07 Å². The predicted octanol–water partition coefficient (Wildman–Crippen LogP) is 1.79. The second kappa shape index (κ2) is 6.96. The lowest BCUT2D eigenvalue weighted by Gasteiger charge is -2.57. The summed E-state index contributed by atoms with van der Waals surface area (Å²) in [6.45, 7) is 0.474. The van der Waals surface area contributed by atoms with Crippen LogP contribution in [0.5, 0.6) is 5.75 Å². The lowest BCUT2D eigenvalue weighted by atomic mass is 9.88. The molecule has 170 valence electrons. The lowest BCUT2D eigenvalue weighted by Crippen LogP contribution is -2.72. The van der Waals surface area contributed by atoms with Gasteiger partial charge in [0.2, 0.25) is 0 Å². The molecule has 2 bridgehead atoms. The van der Waals surface area contributed by atoms with E-state index in [1.807, 2.05) is 0 Å². The van der Waals surface area contributed by atoms with Gasteiger partial charge in [-0.3, -0.25) is 0 Å². The summed E-state index contributed by atoms with van der Waals surface area (Å²) < 4.78 is 71.7. The third-order valence-corrected chi connectivity index (χ3v) is 7.09. The van der Waals surface area contributed by atoms with Crippen LogP contribution in [-0.2, 0) is 10.1 Å². The van der Waals surface area contributed by atoms with Crippen molar-refractivity contribution in [2.75, 3.05) is 18.0 Å². The summed E-state index contributed by atoms with van der Waals surface area (Å²) in [7, 11) is -5.93. The number of aromatic nitrogens is 2. The number of anilines is 1. The van der Waals surface area contributed by atoms with Crippen molar-refractivity contribution in [3.05, 3.63) is 23.7 Å². The molecule has 1 aromatic carbocycles. The monoisotopic (exact) mass is 489 g/mol. The van der Waals surface area contributed by atoms with E-state index in [4.69, 9.17) is 4.42 Å². The van der Waals surface area contributed by atoms with Crippen LogP contribution in [0.2, 0.25) is 0 Å². The summed E-state index contributed by atoms with van der Waals surface area (Å²) in [6.07, 6.45) is 0.893. The van der Waals surface area contributed by atoms with Gasteiger partial charge < -0.3 is 28.3 Å². The van der Waals surface area contributed by atoms with Crippen molar-refractivity contribution in [2.45, 2.75) is 24.0 Å². The van der Waals surface area contributed by atoms with Gasteiger partial charge in [0.15, 0.2) is 16.8 Å². The predicted molar refractivity (Wildman–Crippen MR) is 102 cm³/mol. The molecule has 3 aliphatic rings. The van der Waals surface area contributed by atoms with Crippen molar-refractivity contribution in [1.29, 1.82) is 0 Å². The summed E-state index contributed by atoms with van der Waals surface area (Å²) in [5.74, 6) is -0.647. The number of alkyl halides is 3. The molecular formula is C17H12F3N4O6S2-. The van der Waals surface area contributed by atoms with Crippen molar-refractivity contribution in [3.8, 4) is 16.3 Å². The highest BCUT2D eigenvalue weighted by Gasteiger charge is 2.49. The SMILES string of the molecule is O=C([O-])N1C2CC1CN(c1nc3c(OS(=O)(=O)C(F)(F)F)ccc(-c4nccs4)c3o1)C2. The van der Waals surface area contributed by atoms with Gasteiger partial charge in [0, 0.05) is 24.7 Å². The maximum Gasteiger partial charge on any atom is 0.534 e. The molecule has 3 aliphatic heterocycles. The minimum Gasteiger partial charge on any atom is -0.530 e. The average Bonchev–Trinajstić information content (AvgIpc) is 3.37. The summed E-state index contributed by atoms with van der Waals surface area (Å²) in [6, 6.07) is 1.75. The fraction of sp³-hybridized carbons (Fsp3) is 0.353. The van der Waals surface area contributed by atoms with Crippen molar-refractivity contribution in [3.63, 3.8) is 0 Å². The van der Waals surface area contributed by atoms with Gasteiger partial charge in [-0.25, -0.2) is 4.98 Å². The second-order valence-electron chi connectivity index (χ2n) is 7.23. The molecule has 6 rings (SSSR count). The zero-order chi connectivity index (χ0) is 22.8. The number of halogens is 3. The number of nitrogens with zero attached hydrogens (tertiary/aromatic N) is 4. The molecule has 0 spiro atoms. The summed E-state index contributed by atoms with van der Waals surface area (Å²) in [5, 5.41) is 13.4. The molecule has 2 atom stereocenters. The van der Waals surface area contributed by atoms with Crippen molar-refractivity contribution < 1.29 is 40.1 Å². The average molecular weight is 489 g/mol. The number of carbonyl (C=O) groups excluding carboxylic acids is 1. The number of hydrogen-bond acceptors (Lipinski definition) is 10. The zero-order valence-corrected chi connectivity index (χ0v) is 17.4. The van der Waals surface area contributed by atoms with E-state index in [-0.39, 0.29) is 42.3 Å². The van der Waals surface area contributed by atoms with Crippen LogP contribution < -0.4 is 14.2 Å². The highest BCUT2D eigenvalue weighted by atomic mass is 32.2. The van der Waals surface area contributed by atoms with Gasteiger partial charge in [-0.1, -0.05) is 0 Å². The fourth-order valence-corrected chi connectivity index (χ4v) is 5.05.